The molecule has 0 saturated carbocycles. The summed E-state index contributed by atoms with van der Waals surface area (Å²) in [5.41, 5.74) is 1.07. The maximum atomic E-state index is 11.5. The van der Waals surface area contributed by atoms with Crippen LogP contribution < -0.4 is 5.32 Å². The minimum absolute atomic E-state index is 0.0846. The Morgan fingerprint density at radius 3 is 3.11 bits per heavy atom. The molecule has 0 radical (unpaired) electrons. The molecule has 18 heavy (non-hydrogen) atoms. The Hall–Kier alpha value is -1.14. The number of hydrogen-bond donors (Lipinski definition) is 1. The molecule has 1 N–H and O–H groups in total. The van der Waals surface area contributed by atoms with Gasteiger partial charge in [0.05, 0.1) is 11.7 Å². The molecule has 1 aromatic heterocycles. The minimum Gasteiger partial charge on any atom is -0.336 e. The number of carbonyl (C=O) groups excluding carboxylic acids is 1. The van der Waals surface area contributed by atoms with Gasteiger partial charge in [0.15, 0.2) is 0 Å². The van der Waals surface area contributed by atoms with Crippen molar-refractivity contribution in [3.63, 3.8) is 0 Å². The van der Waals surface area contributed by atoms with Gasteiger partial charge in [0, 0.05) is 43.4 Å². The second-order valence-electron chi connectivity index (χ2n) is 4.74. The Morgan fingerprint density at radius 2 is 2.33 bits per heavy atom. The minimum atomic E-state index is 0.0846. The molecule has 2 aliphatic heterocycles. The van der Waals surface area contributed by atoms with Gasteiger partial charge in [-0.3, -0.25) is 9.88 Å². The lowest BCUT2D eigenvalue weighted by Crippen LogP contribution is -2.51. The summed E-state index contributed by atoms with van der Waals surface area (Å²) in [6.07, 6.45) is 1.83. The van der Waals surface area contributed by atoms with Crippen LogP contribution in [0.15, 0.2) is 22.8 Å². The molecule has 1 unspecified atom stereocenters. The molecule has 2 saturated heterocycles. The van der Waals surface area contributed by atoms with Gasteiger partial charge < -0.3 is 10.2 Å². The lowest BCUT2D eigenvalue weighted by molar-refractivity contribution is 0.116. The highest BCUT2D eigenvalue weighted by Crippen LogP contribution is 2.16. The van der Waals surface area contributed by atoms with E-state index in [4.69, 9.17) is 0 Å². The van der Waals surface area contributed by atoms with Crippen LogP contribution in [0.25, 0.3) is 0 Å². The summed E-state index contributed by atoms with van der Waals surface area (Å²) in [5, 5.41) is 2.89. The zero-order valence-corrected chi connectivity index (χ0v) is 11.6. The molecule has 0 spiro atoms. The number of piperazine rings is 1. The van der Waals surface area contributed by atoms with Gasteiger partial charge in [0.25, 0.3) is 0 Å². The molecular formula is C12H15BrN4O. The SMILES string of the molecule is O=C1NCC2CN(Cc3ccc(Br)cn3)CCN12. The van der Waals surface area contributed by atoms with Crippen molar-refractivity contribution in [1.82, 2.24) is 20.1 Å². The summed E-state index contributed by atoms with van der Waals surface area (Å²) in [6, 6.07) is 4.46. The third kappa shape index (κ3) is 2.35. The molecule has 0 aliphatic carbocycles. The van der Waals surface area contributed by atoms with Crippen LogP contribution in [-0.4, -0.2) is 53.0 Å². The van der Waals surface area contributed by atoms with E-state index in [1.165, 1.54) is 0 Å². The number of carbonyl (C=O) groups is 1. The van der Waals surface area contributed by atoms with E-state index in [2.05, 4.69) is 31.1 Å². The first-order chi connectivity index (χ1) is 8.72. The molecule has 2 fully saturated rings. The average molecular weight is 311 g/mol. The van der Waals surface area contributed by atoms with E-state index in [0.717, 1.165) is 42.9 Å². The zero-order chi connectivity index (χ0) is 12.5. The van der Waals surface area contributed by atoms with E-state index < -0.39 is 0 Å². The Kier molecular flexibility index (Phi) is 3.22. The van der Waals surface area contributed by atoms with E-state index in [1.54, 1.807) is 0 Å². The predicted octanol–water partition coefficient (Wildman–Crippen LogP) is 1.05. The first-order valence-electron chi connectivity index (χ1n) is 6.09. The molecular weight excluding hydrogens is 296 g/mol. The van der Waals surface area contributed by atoms with Crippen molar-refractivity contribution in [1.29, 1.82) is 0 Å². The largest absolute Gasteiger partial charge is 0.336 e. The smallest absolute Gasteiger partial charge is 0.317 e. The van der Waals surface area contributed by atoms with E-state index >= 15 is 0 Å². The maximum Gasteiger partial charge on any atom is 0.317 e. The van der Waals surface area contributed by atoms with Gasteiger partial charge in [-0.25, -0.2) is 4.79 Å². The van der Waals surface area contributed by atoms with Crippen LogP contribution in [0.2, 0.25) is 0 Å². The monoisotopic (exact) mass is 310 g/mol. The first kappa shape index (κ1) is 11.9. The van der Waals surface area contributed by atoms with Crippen molar-refractivity contribution in [3.8, 4) is 0 Å². The Balaban J connectivity index is 1.62. The fourth-order valence-corrected chi connectivity index (χ4v) is 2.78. The summed E-state index contributed by atoms with van der Waals surface area (Å²) >= 11 is 3.39. The molecule has 3 rings (SSSR count). The molecule has 0 bridgehead atoms. The molecule has 0 aromatic carbocycles. The molecule has 2 aliphatic rings. The fourth-order valence-electron chi connectivity index (χ4n) is 2.54. The molecule has 6 heteroatoms. The zero-order valence-electron chi connectivity index (χ0n) is 9.97. The van der Waals surface area contributed by atoms with E-state index in [0.29, 0.717) is 6.04 Å². The van der Waals surface area contributed by atoms with Gasteiger partial charge >= 0.3 is 6.03 Å². The van der Waals surface area contributed by atoms with Crippen molar-refractivity contribution in [2.24, 2.45) is 0 Å². The van der Waals surface area contributed by atoms with Gasteiger partial charge in [0.1, 0.15) is 0 Å². The number of halogens is 1. The number of fused-ring (bicyclic) bond motifs is 1. The molecule has 2 amide bonds. The molecule has 5 nitrogen and oxygen atoms in total. The summed E-state index contributed by atoms with van der Waals surface area (Å²) < 4.78 is 1.00. The number of hydrogen-bond acceptors (Lipinski definition) is 3. The third-order valence-corrected chi connectivity index (χ3v) is 3.96. The normalized spacial score (nSPS) is 23.9. The lowest BCUT2D eigenvalue weighted by atomic mass is 10.2. The fraction of sp³-hybridized carbons (Fsp3) is 0.500. The number of nitrogens with zero attached hydrogens (tertiary/aromatic N) is 3. The summed E-state index contributed by atoms with van der Waals surface area (Å²) in [6.45, 7) is 4.28. The highest BCUT2D eigenvalue weighted by Gasteiger charge is 2.35. The lowest BCUT2D eigenvalue weighted by Gasteiger charge is -2.36. The Bertz CT molecular complexity index is 450. The Morgan fingerprint density at radius 1 is 1.44 bits per heavy atom. The van der Waals surface area contributed by atoms with Crippen LogP contribution in [0, 0.1) is 0 Å². The van der Waals surface area contributed by atoms with Gasteiger partial charge in [-0.1, -0.05) is 0 Å². The predicted molar refractivity (Wildman–Crippen MR) is 71.1 cm³/mol. The molecule has 3 heterocycles. The summed E-state index contributed by atoms with van der Waals surface area (Å²) in [5.74, 6) is 0. The summed E-state index contributed by atoms with van der Waals surface area (Å²) in [7, 11) is 0. The number of aromatic nitrogens is 1. The average Bonchev–Trinajstić information content (AvgIpc) is 2.74. The number of amides is 2. The van der Waals surface area contributed by atoms with Gasteiger partial charge in [-0.2, -0.15) is 0 Å². The van der Waals surface area contributed by atoms with Gasteiger partial charge in [-0.15, -0.1) is 0 Å². The van der Waals surface area contributed by atoms with E-state index in [-0.39, 0.29) is 6.03 Å². The van der Waals surface area contributed by atoms with Crippen molar-refractivity contribution in [2.45, 2.75) is 12.6 Å². The van der Waals surface area contributed by atoms with Crippen molar-refractivity contribution in [2.75, 3.05) is 26.2 Å². The second-order valence-corrected chi connectivity index (χ2v) is 5.65. The second kappa shape index (κ2) is 4.85. The standard InChI is InChI=1S/C12H15BrN4O/c13-9-1-2-10(14-5-9)7-16-3-4-17-11(8-16)6-15-12(17)18/h1-2,5,11H,3-4,6-8H2,(H,15,18). The van der Waals surface area contributed by atoms with Gasteiger partial charge in [0.2, 0.25) is 0 Å². The summed E-state index contributed by atoms with van der Waals surface area (Å²) in [4.78, 5) is 20.2. The molecule has 1 atom stereocenters. The van der Waals surface area contributed by atoms with Crippen molar-refractivity contribution in [3.05, 3.63) is 28.5 Å². The van der Waals surface area contributed by atoms with Crippen LogP contribution >= 0.6 is 15.9 Å². The van der Waals surface area contributed by atoms with Crippen LogP contribution in [0.5, 0.6) is 0 Å². The van der Waals surface area contributed by atoms with Crippen LogP contribution in [0.4, 0.5) is 4.79 Å². The number of urea groups is 1. The number of pyridine rings is 1. The van der Waals surface area contributed by atoms with Gasteiger partial charge in [-0.05, 0) is 28.1 Å². The van der Waals surface area contributed by atoms with E-state index in [1.807, 2.05) is 23.2 Å². The van der Waals surface area contributed by atoms with Crippen LogP contribution in [0.3, 0.4) is 0 Å². The highest BCUT2D eigenvalue weighted by molar-refractivity contribution is 9.10. The molecule has 1 aromatic rings. The highest BCUT2D eigenvalue weighted by atomic mass is 79.9. The number of rotatable bonds is 2. The molecule has 96 valence electrons. The third-order valence-electron chi connectivity index (χ3n) is 3.49. The topological polar surface area (TPSA) is 48.5 Å². The van der Waals surface area contributed by atoms with Crippen molar-refractivity contribution < 1.29 is 4.79 Å². The van der Waals surface area contributed by atoms with Crippen LogP contribution in [0.1, 0.15) is 5.69 Å². The van der Waals surface area contributed by atoms with E-state index in [9.17, 15) is 4.79 Å². The quantitative estimate of drug-likeness (QED) is 0.888. The first-order valence-corrected chi connectivity index (χ1v) is 6.89. The van der Waals surface area contributed by atoms with Crippen molar-refractivity contribution >= 4 is 22.0 Å². The Labute approximate surface area is 114 Å². The number of nitrogens with one attached hydrogen (secondary N) is 1. The van der Waals surface area contributed by atoms with Crippen LogP contribution in [-0.2, 0) is 6.54 Å². The maximum absolute atomic E-state index is 11.5.